The number of nitrogens with zero attached hydrogens (tertiary/aromatic N) is 4. The average molecular weight is 445 g/mol. The molecule has 4 rings (SSSR count). The third-order valence-corrected chi connectivity index (χ3v) is 5.80. The standard InChI is InChI=1S/C25H28N6O2/c1-14(2)31-23-21(13-28-31)19(10-22(30-23)18-7-5-6-17(9-18)11-26)24(32)27-12-20-15(3)8-16(4)29-25(20)33/h5-10,13-14,20H,11-12,26H2,1-4H3,(H,27,32). The van der Waals surface area contributed by atoms with E-state index in [0.29, 0.717) is 34.5 Å². The van der Waals surface area contributed by atoms with Crippen molar-refractivity contribution in [1.29, 1.82) is 0 Å². The van der Waals surface area contributed by atoms with E-state index in [1.807, 2.05) is 51.1 Å². The molecule has 0 saturated carbocycles. The van der Waals surface area contributed by atoms with Crippen LogP contribution >= 0.6 is 0 Å². The molecule has 1 aliphatic heterocycles. The molecular formula is C25H28N6O2. The zero-order valence-electron chi connectivity index (χ0n) is 19.3. The lowest BCUT2D eigenvalue weighted by Crippen LogP contribution is -2.34. The number of carbonyl (C=O) groups excluding carboxylic acids is 2. The summed E-state index contributed by atoms with van der Waals surface area (Å²) in [4.78, 5) is 34.5. The minimum absolute atomic E-state index is 0.0743. The average Bonchev–Trinajstić information content (AvgIpc) is 3.22. The number of hydrogen-bond acceptors (Lipinski definition) is 5. The quantitative estimate of drug-likeness (QED) is 0.604. The van der Waals surface area contributed by atoms with Crippen LogP contribution in [0.1, 0.15) is 49.7 Å². The topological polar surface area (TPSA) is 115 Å². The number of nitrogens with two attached hydrogens (primary N) is 1. The number of rotatable bonds is 6. The van der Waals surface area contributed by atoms with E-state index in [-0.39, 0.29) is 24.4 Å². The summed E-state index contributed by atoms with van der Waals surface area (Å²) < 4.78 is 1.80. The van der Waals surface area contributed by atoms with E-state index in [2.05, 4.69) is 15.4 Å². The molecule has 3 aromatic rings. The molecule has 1 aromatic carbocycles. The molecule has 170 valence electrons. The van der Waals surface area contributed by atoms with Crippen molar-refractivity contribution in [1.82, 2.24) is 20.1 Å². The number of amides is 2. The molecule has 2 amide bonds. The van der Waals surface area contributed by atoms with E-state index in [0.717, 1.165) is 16.7 Å². The molecular weight excluding hydrogens is 416 g/mol. The van der Waals surface area contributed by atoms with Crippen LogP contribution in [-0.4, -0.2) is 38.8 Å². The summed E-state index contributed by atoms with van der Waals surface area (Å²) in [6, 6.07) is 9.64. The number of carbonyl (C=O) groups is 2. The lowest BCUT2D eigenvalue weighted by atomic mass is 9.95. The van der Waals surface area contributed by atoms with E-state index >= 15 is 0 Å². The fourth-order valence-corrected chi connectivity index (χ4v) is 4.04. The zero-order chi connectivity index (χ0) is 23.7. The fourth-order valence-electron chi connectivity index (χ4n) is 4.04. The Morgan fingerprint density at radius 1 is 1.24 bits per heavy atom. The Hall–Kier alpha value is -3.65. The van der Waals surface area contributed by atoms with Crippen molar-refractivity contribution in [2.75, 3.05) is 6.54 Å². The SMILES string of the molecule is CC1=CC(C)=NC(=O)C1CNC(=O)c1cc(-c2cccc(CN)c2)nc2c1cnn2C(C)C. The van der Waals surface area contributed by atoms with Gasteiger partial charge in [-0.1, -0.05) is 23.8 Å². The second kappa shape index (κ2) is 9.07. The number of aromatic nitrogens is 3. The number of fused-ring (bicyclic) bond motifs is 1. The molecule has 1 aliphatic rings. The third kappa shape index (κ3) is 4.47. The Balaban J connectivity index is 1.72. The summed E-state index contributed by atoms with van der Waals surface area (Å²) in [6.07, 6.45) is 3.54. The molecule has 0 spiro atoms. The van der Waals surface area contributed by atoms with Crippen LogP contribution in [0.2, 0.25) is 0 Å². The van der Waals surface area contributed by atoms with Gasteiger partial charge in [0.1, 0.15) is 0 Å². The first-order chi connectivity index (χ1) is 15.8. The van der Waals surface area contributed by atoms with Gasteiger partial charge in [0.15, 0.2) is 5.65 Å². The fraction of sp³-hybridized carbons (Fsp3) is 0.320. The molecule has 8 nitrogen and oxygen atoms in total. The van der Waals surface area contributed by atoms with Gasteiger partial charge in [0, 0.05) is 30.4 Å². The first-order valence-corrected chi connectivity index (χ1v) is 11.0. The summed E-state index contributed by atoms with van der Waals surface area (Å²) in [5.74, 6) is -0.984. The molecule has 0 bridgehead atoms. The van der Waals surface area contributed by atoms with Gasteiger partial charge in [0.05, 0.1) is 28.8 Å². The van der Waals surface area contributed by atoms with E-state index in [9.17, 15) is 9.59 Å². The number of aliphatic imine (C=N–C) groups is 1. The minimum atomic E-state index is -0.464. The molecule has 1 unspecified atom stereocenters. The number of benzene rings is 1. The number of allylic oxidation sites excluding steroid dienone is 1. The van der Waals surface area contributed by atoms with Crippen LogP contribution in [0.3, 0.4) is 0 Å². The normalized spacial score (nSPS) is 16.2. The number of pyridine rings is 1. The van der Waals surface area contributed by atoms with Crippen molar-refractivity contribution in [2.45, 2.75) is 40.3 Å². The van der Waals surface area contributed by atoms with Crippen molar-refractivity contribution >= 4 is 28.6 Å². The van der Waals surface area contributed by atoms with Gasteiger partial charge in [-0.05, 0) is 51.5 Å². The van der Waals surface area contributed by atoms with Crippen molar-refractivity contribution in [2.24, 2.45) is 16.6 Å². The second-order valence-corrected chi connectivity index (χ2v) is 8.62. The van der Waals surface area contributed by atoms with Gasteiger partial charge in [-0.25, -0.2) is 14.7 Å². The minimum Gasteiger partial charge on any atom is -0.351 e. The van der Waals surface area contributed by atoms with E-state index in [1.54, 1.807) is 23.9 Å². The predicted molar refractivity (Wildman–Crippen MR) is 129 cm³/mol. The van der Waals surface area contributed by atoms with Crippen LogP contribution in [-0.2, 0) is 11.3 Å². The number of hydrogen-bond donors (Lipinski definition) is 2. The van der Waals surface area contributed by atoms with Crippen LogP contribution < -0.4 is 11.1 Å². The second-order valence-electron chi connectivity index (χ2n) is 8.62. The molecule has 8 heteroatoms. The first kappa shape index (κ1) is 22.5. The predicted octanol–water partition coefficient (Wildman–Crippen LogP) is 3.43. The maximum Gasteiger partial charge on any atom is 0.254 e. The van der Waals surface area contributed by atoms with E-state index < -0.39 is 5.92 Å². The molecule has 33 heavy (non-hydrogen) atoms. The Morgan fingerprint density at radius 2 is 2.03 bits per heavy atom. The monoisotopic (exact) mass is 444 g/mol. The van der Waals surface area contributed by atoms with E-state index in [1.165, 1.54) is 0 Å². The smallest absolute Gasteiger partial charge is 0.254 e. The number of nitrogens with one attached hydrogen (secondary N) is 1. The highest BCUT2D eigenvalue weighted by atomic mass is 16.2. The molecule has 0 saturated heterocycles. The van der Waals surface area contributed by atoms with Crippen molar-refractivity contribution in [3.63, 3.8) is 0 Å². The summed E-state index contributed by atoms with van der Waals surface area (Å²) >= 11 is 0. The molecule has 2 aromatic heterocycles. The van der Waals surface area contributed by atoms with Crippen molar-refractivity contribution in [3.8, 4) is 11.3 Å². The third-order valence-electron chi connectivity index (χ3n) is 5.80. The van der Waals surface area contributed by atoms with Gasteiger partial charge >= 0.3 is 0 Å². The maximum absolute atomic E-state index is 13.3. The van der Waals surface area contributed by atoms with Gasteiger partial charge in [-0.3, -0.25) is 9.59 Å². The highest BCUT2D eigenvalue weighted by Gasteiger charge is 2.25. The van der Waals surface area contributed by atoms with Gasteiger partial charge in [0.25, 0.3) is 11.8 Å². The van der Waals surface area contributed by atoms with Gasteiger partial charge in [0.2, 0.25) is 0 Å². The Bertz CT molecular complexity index is 1300. The zero-order valence-corrected chi connectivity index (χ0v) is 19.3. The van der Waals surface area contributed by atoms with Crippen LogP contribution in [0.5, 0.6) is 0 Å². The number of dihydropyridines is 1. The molecule has 1 atom stereocenters. The lowest BCUT2D eigenvalue weighted by molar-refractivity contribution is -0.120. The van der Waals surface area contributed by atoms with Crippen LogP contribution in [0.25, 0.3) is 22.3 Å². The molecule has 0 fully saturated rings. The Morgan fingerprint density at radius 3 is 2.73 bits per heavy atom. The van der Waals surface area contributed by atoms with Crippen LogP contribution in [0.15, 0.2) is 53.2 Å². The summed E-state index contributed by atoms with van der Waals surface area (Å²) in [7, 11) is 0. The first-order valence-electron chi connectivity index (χ1n) is 11.0. The van der Waals surface area contributed by atoms with Crippen molar-refractivity contribution < 1.29 is 9.59 Å². The highest BCUT2D eigenvalue weighted by molar-refractivity contribution is 6.08. The molecule has 0 radical (unpaired) electrons. The van der Waals surface area contributed by atoms with Crippen LogP contribution in [0.4, 0.5) is 0 Å². The van der Waals surface area contributed by atoms with Crippen molar-refractivity contribution in [3.05, 3.63) is 59.3 Å². The van der Waals surface area contributed by atoms with Gasteiger partial charge in [-0.15, -0.1) is 0 Å². The maximum atomic E-state index is 13.3. The van der Waals surface area contributed by atoms with E-state index in [4.69, 9.17) is 10.7 Å². The summed E-state index contributed by atoms with van der Waals surface area (Å²) in [6.45, 7) is 8.29. The van der Waals surface area contributed by atoms with Gasteiger partial charge in [-0.2, -0.15) is 5.10 Å². The largest absolute Gasteiger partial charge is 0.351 e. The molecule has 3 heterocycles. The Kier molecular flexibility index (Phi) is 6.20. The Labute approximate surface area is 192 Å². The molecule has 0 aliphatic carbocycles. The summed E-state index contributed by atoms with van der Waals surface area (Å²) in [5.41, 5.74) is 11.0. The van der Waals surface area contributed by atoms with Crippen LogP contribution in [0, 0.1) is 5.92 Å². The molecule has 3 N–H and O–H groups in total. The lowest BCUT2D eigenvalue weighted by Gasteiger charge is -2.19. The summed E-state index contributed by atoms with van der Waals surface area (Å²) in [5, 5.41) is 8.05. The van der Waals surface area contributed by atoms with Gasteiger partial charge < -0.3 is 11.1 Å². The highest BCUT2D eigenvalue weighted by Crippen LogP contribution is 2.27.